The van der Waals surface area contributed by atoms with Crippen LogP contribution in [0.15, 0.2) is 24.3 Å². The molecule has 26 heavy (non-hydrogen) atoms. The molecule has 0 fully saturated rings. The van der Waals surface area contributed by atoms with Gasteiger partial charge in [-0.3, -0.25) is 4.90 Å². The van der Waals surface area contributed by atoms with Crippen LogP contribution in [-0.2, 0) is 4.79 Å². The molecule has 0 saturated carbocycles. The van der Waals surface area contributed by atoms with Gasteiger partial charge in [-0.2, -0.15) is 0 Å². The van der Waals surface area contributed by atoms with Crippen molar-refractivity contribution in [3.8, 4) is 0 Å². The van der Waals surface area contributed by atoms with Crippen molar-refractivity contribution < 1.29 is 39.5 Å². The van der Waals surface area contributed by atoms with Crippen molar-refractivity contribution in [2.24, 2.45) is 0 Å². The first-order valence-electron chi connectivity index (χ1n) is 10.4. The summed E-state index contributed by atoms with van der Waals surface area (Å²) in [5.74, 6) is -0.967. The Bertz CT molecular complexity index is 330. The molecule has 0 heterocycles. The number of unbranched alkanes of at least 4 members (excludes halogenated alkanes) is 8. The zero-order valence-electron chi connectivity index (χ0n) is 17.7. The van der Waals surface area contributed by atoms with Gasteiger partial charge in [0.15, 0.2) is 0 Å². The van der Waals surface area contributed by atoms with Gasteiger partial charge in [-0.1, -0.05) is 63.8 Å². The van der Waals surface area contributed by atoms with Crippen molar-refractivity contribution in [3.05, 3.63) is 24.3 Å². The molecule has 0 bridgehead atoms. The number of carboxylic acids is 1. The summed E-state index contributed by atoms with van der Waals surface area (Å²) in [6.45, 7) is 6.18. The van der Waals surface area contributed by atoms with Crippen LogP contribution in [-0.4, -0.2) is 30.5 Å². The first kappa shape index (κ1) is 28.1. The van der Waals surface area contributed by atoms with Crippen molar-refractivity contribution in [1.82, 2.24) is 4.90 Å². The van der Waals surface area contributed by atoms with Crippen molar-refractivity contribution in [2.75, 3.05) is 19.6 Å². The molecule has 0 aromatic heterocycles. The molecule has 0 saturated heterocycles. The van der Waals surface area contributed by atoms with Crippen LogP contribution in [0.5, 0.6) is 0 Å². The molecule has 0 aliphatic heterocycles. The first-order chi connectivity index (χ1) is 12.2. The van der Waals surface area contributed by atoms with Crippen molar-refractivity contribution >= 4 is 5.97 Å². The fourth-order valence-corrected chi connectivity index (χ4v) is 2.81. The molecule has 0 aliphatic carbocycles. The summed E-state index contributed by atoms with van der Waals surface area (Å²) in [6.07, 6.45) is 23.1. The number of carbonyl (C=O) groups excluding carboxylic acids is 1. The molecule has 3 nitrogen and oxygen atoms in total. The number of allylic oxidation sites excluding steroid dienone is 4. The maximum absolute atomic E-state index is 10.9. The molecule has 0 N–H and O–H groups in total. The third kappa shape index (κ3) is 22.0. The Labute approximate surface area is 184 Å². The molecule has 0 atom stereocenters. The molecule has 146 valence electrons. The molecular formula is C22H40NNaO2. The Morgan fingerprint density at radius 1 is 0.731 bits per heavy atom. The second kappa shape index (κ2) is 23.0. The Kier molecular flexibility index (Phi) is 24.8. The number of carboxylic acid groups (broad SMARTS) is 1. The van der Waals surface area contributed by atoms with Crippen molar-refractivity contribution in [1.29, 1.82) is 0 Å². The minimum atomic E-state index is -0.967. The minimum Gasteiger partial charge on any atom is -0.549 e. The number of aliphatic carboxylic acids is 1. The Morgan fingerprint density at radius 2 is 1.12 bits per heavy atom. The van der Waals surface area contributed by atoms with Crippen molar-refractivity contribution in [3.63, 3.8) is 0 Å². The fourth-order valence-electron chi connectivity index (χ4n) is 2.81. The molecule has 0 radical (unpaired) electrons. The van der Waals surface area contributed by atoms with E-state index < -0.39 is 5.97 Å². The second-order valence-electron chi connectivity index (χ2n) is 6.87. The summed E-state index contributed by atoms with van der Waals surface area (Å²) in [4.78, 5) is 12.9. The normalized spacial score (nSPS) is 11.5. The minimum absolute atomic E-state index is 0. The van der Waals surface area contributed by atoms with Gasteiger partial charge in [-0.05, 0) is 64.5 Å². The average Bonchev–Trinajstić information content (AvgIpc) is 2.58. The van der Waals surface area contributed by atoms with Gasteiger partial charge < -0.3 is 9.90 Å². The third-order valence-electron chi connectivity index (χ3n) is 4.32. The van der Waals surface area contributed by atoms with Crippen LogP contribution in [0.1, 0.15) is 90.9 Å². The summed E-state index contributed by atoms with van der Waals surface area (Å²) in [5, 5.41) is 10.9. The summed E-state index contributed by atoms with van der Waals surface area (Å²) in [5.41, 5.74) is 0. The van der Waals surface area contributed by atoms with Crippen LogP contribution in [0, 0.1) is 0 Å². The van der Waals surface area contributed by atoms with Gasteiger partial charge in [0, 0.05) is 6.54 Å². The number of hydrogen-bond acceptors (Lipinski definition) is 3. The Hall–Kier alpha value is -0.0900. The van der Waals surface area contributed by atoms with E-state index >= 15 is 0 Å². The van der Waals surface area contributed by atoms with Crippen LogP contribution in [0.25, 0.3) is 0 Å². The van der Waals surface area contributed by atoms with E-state index in [4.69, 9.17) is 0 Å². The number of nitrogens with zero attached hydrogens (tertiary/aromatic N) is 1. The predicted molar refractivity (Wildman–Crippen MR) is 106 cm³/mol. The van der Waals surface area contributed by atoms with E-state index in [9.17, 15) is 9.90 Å². The van der Waals surface area contributed by atoms with Gasteiger partial charge >= 0.3 is 29.6 Å². The topological polar surface area (TPSA) is 43.4 Å². The van der Waals surface area contributed by atoms with E-state index in [0.717, 1.165) is 38.8 Å². The van der Waals surface area contributed by atoms with E-state index in [-0.39, 0.29) is 36.1 Å². The van der Waals surface area contributed by atoms with Crippen LogP contribution in [0.2, 0.25) is 0 Å². The van der Waals surface area contributed by atoms with E-state index in [1.165, 1.54) is 51.4 Å². The average molecular weight is 374 g/mol. The van der Waals surface area contributed by atoms with Gasteiger partial charge in [0.05, 0.1) is 5.97 Å². The maximum Gasteiger partial charge on any atom is 1.00 e. The number of hydrogen-bond donors (Lipinski definition) is 0. The van der Waals surface area contributed by atoms with Crippen LogP contribution in [0.3, 0.4) is 0 Å². The van der Waals surface area contributed by atoms with E-state index in [2.05, 4.69) is 38.2 Å². The third-order valence-corrected chi connectivity index (χ3v) is 4.32. The molecular weight excluding hydrogens is 333 g/mol. The van der Waals surface area contributed by atoms with Gasteiger partial charge in [0.25, 0.3) is 0 Å². The summed E-state index contributed by atoms with van der Waals surface area (Å²) >= 11 is 0. The number of carbonyl (C=O) groups is 1. The van der Waals surface area contributed by atoms with Crippen LogP contribution in [0.4, 0.5) is 0 Å². The maximum atomic E-state index is 10.9. The largest absolute Gasteiger partial charge is 1.00 e. The zero-order valence-corrected chi connectivity index (χ0v) is 19.7. The predicted octanol–water partition coefficient (Wildman–Crippen LogP) is 1.88. The van der Waals surface area contributed by atoms with E-state index in [0.29, 0.717) is 0 Å². The standard InChI is InChI=1S/C22H41NO2.Na/c1-3-5-7-9-11-13-15-17-19-23(21-22(24)25)20-18-16-14-12-10-8-6-4-2;/h11-14H,3-10,15-21H2,1-2H3,(H,24,25);/q;+1/p-1/b13-11+,14-12+;. The zero-order chi connectivity index (χ0) is 18.6. The molecule has 4 heteroatoms. The molecule has 0 unspecified atom stereocenters. The molecule has 0 rings (SSSR count). The summed E-state index contributed by atoms with van der Waals surface area (Å²) in [6, 6.07) is 0. The Balaban J connectivity index is 0. The molecule has 0 spiro atoms. The van der Waals surface area contributed by atoms with Gasteiger partial charge in [-0.25, -0.2) is 0 Å². The Morgan fingerprint density at radius 3 is 1.46 bits per heavy atom. The summed E-state index contributed by atoms with van der Waals surface area (Å²) in [7, 11) is 0. The van der Waals surface area contributed by atoms with Gasteiger partial charge in [-0.15, -0.1) is 0 Å². The molecule has 0 aromatic rings. The summed E-state index contributed by atoms with van der Waals surface area (Å²) < 4.78 is 0. The first-order valence-corrected chi connectivity index (χ1v) is 10.4. The monoisotopic (exact) mass is 373 g/mol. The molecule has 0 amide bonds. The number of rotatable bonds is 18. The quantitative estimate of drug-likeness (QED) is 0.209. The van der Waals surface area contributed by atoms with E-state index in [1.807, 2.05) is 4.90 Å². The molecule has 0 aliphatic rings. The van der Waals surface area contributed by atoms with Crippen LogP contribution >= 0.6 is 0 Å². The van der Waals surface area contributed by atoms with Crippen LogP contribution < -0.4 is 34.7 Å². The molecule has 0 aromatic carbocycles. The van der Waals surface area contributed by atoms with Gasteiger partial charge in [0.2, 0.25) is 0 Å². The second-order valence-corrected chi connectivity index (χ2v) is 6.87. The SMILES string of the molecule is CCCCC/C=C/CCCN(CCC/C=C/CCCCC)CC(=O)[O-].[Na+]. The van der Waals surface area contributed by atoms with E-state index in [1.54, 1.807) is 0 Å². The smallest absolute Gasteiger partial charge is 0.549 e. The van der Waals surface area contributed by atoms with Crippen molar-refractivity contribution in [2.45, 2.75) is 90.9 Å². The van der Waals surface area contributed by atoms with Gasteiger partial charge in [0.1, 0.15) is 0 Å². The fraction of sp³-hybridized carbons (Fsp3) is 0.773.